The molecule has 5 nitrogen and oxygen atoms in total. The molecular weight excluding hydrogens is 357 g/mol. The molecule has 0 spiro atoms. The second-order valence-electron chi connectivity index (χ2n) is 6.71. The van der Waals surface area contributed by atoms with Crippen LogP contribution in [0.1, 0.15) is 47.1 Å². The molecule has 0 unspecified atom stereocenters. The minimum atomic E-state index is -4.57. The Balaban J connectivity index is 1.64. The molecule has 1 aromatic carbocycles. The van der Waals surface area contributed by atoms with Crippen molar-refractivity contribution in [3.8, 4) is 0 Å². The van der Waals surface area contributed by atoms with Gasteiger partial charge in [-0.2, -0.15) is 18.3 Å². The number of unbranched alkanes of at least 4 members (excludes halogenated alkanes) is 1. The van der Waals surface area contributed by atoms with Crippen LogP contribution in [0.2, 0.25) is 0 Å². The maximum Gasteiger partial charge on any atom is 0.417 e. The van der Waals surface area contributed by atoms with Crippen molar-refractivity contribution in [1.82, 2.24) is 20.0 Å². The molecule has 2 heterocycles. The van der Waals surface area contributed by atoms with Gasteiger partial charge in [0.2, 0.25) is 0 Å². The quantitative estimate of drug-likeness (QED) is 0.835. The van der Waals surface area contributed by atoms with Crippen LogP contribution in [0.5, 0.6) is 0 Å². The van der Waals surface area contributed by atoms with Crippen LogP contribution in [0.3, 0.4) is 0 Å². The number of amides is 1. The van der Waals surface area contributed by atoms with Crippen molar-refractivity contribution < 1.29 is 18.0 Å². The summed E-state index contributed by atoms with van der Waals surface area (Å²) in [7, 11) is 0. The van der Waals surface area contributed by atoms with Crippen LogP contribution in [0.25, 0.3) is 0 Å². The molecule has 0 aliphatic carbocycles. The Morgan fingerprint density at radius 1 is 1.26 bits per heavy atom. The highest BCUT2D eigenvalue weighted by molar-refractivity contribution is 5.95. The zero-order valence-electron chi connectivity index (χ0n) is 15.2. The maximum atomic E-state index is 13.1. The molecule has 27 heavy (non-hydrogen) atoms. The number of hydrogen-bond donors (Lipinski definition) is 1. The third-order valence-corrected chi connectivity index (χ3v) is 4.66. The number of nitrogens with one attached hydrogen (secondary N) is 1. The van der Waals surface area contributed by atoms with E-state index in [-0.39, 0.29) is 12.1 Å². The summed E-state index contributed by atoms with van der Waals surface area (Å²) < 4.78 is 41.1. The number of carbonyl (C=O) groups is 1. The summed E-state index contributed by atoms with van der Waals surface area (Å²) in [6, 6.07) is 6.70. The summed E-state index contributed by atoms with van der Waals surface area (Å²) in [6.45, 7) is 5.81. The summed E-state index contributed by atoms with van der Waals surface area (Å²) in [5.41, 5.74) is 0.412. The van der Waals surface area contributed by atoms with E-state index in [4.69, 9.17) is 0 Å². The fraction of sp³-hybridized carbons (Fsp3) is 0.474. The number of halogens is 3. The summed E-state index contributed by atoms with van der Waals surface area (Å²) in [5, 5.41) is 7.01. The number of hydrogen-bond acceptors (Lipinski definition) is 3. The van der Waals surface area contributed by atoms with E-state index in [0.29, 0.717) is 5.69 Å². The number of alkyl halides is 3. The number of rotatable bonds is 6. The molecule has 0 atom stereocenters. The molecule has 1 amide bonds. The van der Waals surface area contributed by atoms with Crippen LogP contribution in [0.15, 0.2) is 30.3 Å². The summed E-state index contributed by atoms with van der Waals surface area (Å²) in [6.07, 6.45) is -2.27. The molecule has 146 valence electrons. The average molecular weight is 380 g/mol. The Bertz CT molecular complexity index is 800. The van der Waals surface area contributed by atoms with E-state index in [1.807, 2.05) is 10.7 Å². The van der Waals surface area contributed by atoms with Crippen molar-refractivity contribution in [3.05, 3.63) is 52.8 Å². The maximum absolute atomic E-state index is 13.1. The van der Waals surface area contributed by atoms with Gasteiger partial charge in [0.25, 0.3) is 5.91 Å². The lowest BCUT2D eigenvalue weighted by atomic mass is 10.1. The zero-order chi connectivity index (χ0) is 19.4. The molecule has 0 fully saturated rings. The van der Waals surface area contributed by atoms with E-state index in [1.165, 1.54) is 18.2 Å². The number of nitrogens with zero attached hydrogens (tertiary/aromatic N) is 3. The van der Waals surface area contributed by atoms with E-state index in [1.54, 1.807) is 0 Å². The van der Waals surface area contributed by atoms with Crippen LogP contribution in [-0.4, -0.2) is 33.7 Å². The second-order valence-corrected chi connectivity index (χ2v) is 6.71. The van der Waals surface area contributed by atoms with Crippen molar-refractivity contribution in [2.45, 2.75) is 45.6 Å². The van der Waals surface area contributed by atoms with Crippen LogP contribution < -0.4 is 5.32 Å². The topological polar surface area (TPSA) is 50.2 Å². The lowest BCUT2D eigenvalue weighted by Crippen LogP contribution is -2.34. The molecule has 8 heteroatoms. The fourth-order valence-electron chi connectivity index (χ4n) is 3.23. The van der Waals surface area contributed by atoms with Crippen LogP contribution in [-0.2, 0) is 25.8 Å². The van der Waals surface area contributed by atoms with Crippen molar-refractivity contribution in [2.24, 2.45) is 0 Å². The lowest BCUT2D eigenvalue weighted by molar-refractivity contribution is -0.137. The van der Waals surface area contributed by atoms with Gasteiger partial charge in [-0.15, -0.1) is 0 Å². The summed E-state index contributed by atoms with van der Waals surface area (Å²) in [4.78, 5) is 14.6. The predicted octanol–water partition coefficient (Wildman–Crippen LogP) is 3.45. The molecule has 0 saturated carbocycles. The van der Waals surface area contributed by atoms with Crippen molar-refractivity contribution >= 4 is 5.91 Å². The second kappa shape index (κ2) is 8.12. The standard InChI is InChI=1S/C19H23F3N4O/c1-2-3-8-25-9-10-26-15(13-25)11-14(24-26)12-23-18(27)16-6-4-5-7-17(16)19(20,21)22/h4-7,11H,2-3,8-10,12-13H2,1H3,(H,23,27). The fourth-order valence-corrected chi connectivity index (χ4v) is 3.23. The number of benzene rings is 1. The van der Waals surface area contributed by atoms with Gasteiger partial charge in [0.15, 0.2) is 0 Å². The monoisotopic (exact) mass is 380 g/mol. The van der Waals surface area contributed by atoms with Crippen LogP contribution >= 0.6 is 0 Å². The van der Waals surface area contributed by atoms with Gasteiger partial charge in [0, 0.05) is 13.1 Å². The van der Waals surface area contributed by atoms with Gasteiger partial charge >= 0.3 is 6.18 Å². The van der Waals surface area contributed by atoms with Crippen molar-refractivity contribution in [2.75, 3.05) is 13.1 Å². The van der Waals surface area contributed by atoms with Crippen LogP contribution in [0.4, 0.5) is 13.2 Å². The molecule has 1 aromatic heterocycles. The largest absolute Gasteiger partial charge is 0.417 e. The Morgan fingerprint density at radius 2 is 2.04 bits per heavy atom. The molecule has 1 aliphatic rings. The van der Waals surface area contributed by atoms with Gasteiger partial charge in [-0.25, -0.2) is 0 Å². The normalized spacial score (nSPS) is 14.8. The minimum Gasteiger partial charge on any atom is -0.346 e. The molecule has 1 aliphatic heterocycles. The predicted molar refractivity (Wildman–Crippen MR) is 95.0 cm³/mol. The summed E-state index contributed by atoms with van der Waals surface area (Å²) >= 11 is 0. The molecule has 0 saturated heterocycles. The van der Waals surface area contributed by atoms with Gasteiger partial charge < -0.3 is 5.32 Å². The molecule has 0 bridgehead atoms. The van der Waals surface area contributed by atoms with Crippen molar-refractivity contribution in [1.29, 1.82) is 0 Å². The van der Waals surface area contributed by atoms with Gasteiger partial charge in [-0.1, -0.05) is 25.5 Å². The lowest BCUT2D eigenvalue weighted by Gasteiger charge is -2.27. The number of carbonyl (C=O) groups excluding carboxylic acids is 1. The SMILES string of the molecule is CCCCN1CCn2nc(CNC(=O)c3ccccc3C(F)(F)F)cc2C1. The van der Waals surface area contributed by atoms with Gasteiger partial charge in [0.05, 0.1) is 35.6 Å². The number of fused-ring (bicyclic) bond motifs is 1. The third kappa shape index (κ3) is 4.68. The van der Waals surface area contributed by atoms with Gasteiger partial charge in [-0.3, -0.25) is 14.4 Å². The smallest absolute Gasteiger partial charge is 0.346 e. The number of aromatic nitrogens is 2. The highest BCUT2D eigenvalue weighted by Crippen LogP contribution is 2.31. The Kier molecular flexibility index (Phi) is 5.84. The van der Waals surface area contributed by atoms with E-state index in [2.05, 4.69) is 22.2 Å². The highest BCUT2D eigenvalue weighted by Gasteiger charge is 2.34. The molecule has 3 rings (SSSR count). The Hall–Kier alpha value is -2.35. The summed E-state index contributed by atoms with van der Waals surface area (Å²) in [5.74, 6) is -0.751. The first-order valence-electron chi connectivity index (χ1n) is 9.11. The Labute approximate surface area is 156 Å². The van der Waals surface area contributed by atoms with Gasteiger partial charge in [0.1, 0.15) is 0 Å². The minimum absolute atomic E-state index is 0.0972. The Morgan fingerprint density at radius 3 is 2.78 bits per heavy atom. The average Bonchev–Trinajstić information content (AvgIpc) is 3.06. The van der Waals surface area contributed by atoms with Gasteiger partial charge in [-0.05, 0) is 31.2 Å². The molecule has 0 radical (unpaired) electrons. The first-order chi connectivity index (χ1) is 12.9. The third-order valence-electron chi connectivity index (χ3n) is 4.66. The van der Waals surface area contributed by atoms with Crippen LogP contribution in [0, 0.1) is 0 Å². The van der Waals surface area contributed by atoms with E-state index < -0.39 is 17.6 Å². The zero-order valence-corrected chi connectivity index (χ0v) is 15.2. The van der Waals surface area contributed by atoms with E-state index >= 15 is 0 Å². The molecule has 1 N–H and O–H groups in total. The van der Waals surface area contributed by atoms with E-state index in [0.717, 1.165) is 50.8 Å². The highest BCUT2D eigenvalue weighted by atomic mass is 19.4. The van der Waals surface area contributed by atoms with E-state index in [9.17, 15) is 18.0 Å². The molecule has 2 aromatic rings. The first kappa shape index (κ1) is 19.4. The first-order valence-corrected chi connectivity index (χ1v) is 9.11. The molecular formula is C19H23F3N4O. The van der Waals surface area contributed by atoms with Crippen molar-refractivity contribution in [3.63, 3.8) is 0 Å².